The maximum Gasteiger partial charge on any atom is 0.119 e. The molecule has 0 saturated carbocycles. The molecule has 0 bridgehead atoms. The van der Waals surface area contributed by atoms with E-state index >= 15 is 0 Å². The van der Waals surface area contributed by atoms with Crippen LogP contribution in [0.1, 0.15) is 137 Å². The fourth-order valence-electron chi connectivity index (χ4n) is 21.1. The predicted molar refractivity (Wildman–Crippen MR) is 586 cm³/mol. The van der Waals surface area contributed by atoms with Crippen LogP contribution >= 0.6 is 0 Å². The molecule has 3 heterocycles. The molecule has 684 valence electrons. The Morgan fingerprint density at radius 2 is 0.655 bits per heavy atom. The van der Waals surface area contributed by atoms with Crippen LogP contribution in [-0.2, 0) is 28.4 Å². The zero-order valence-corrected chi connectivity index (χ0v) is 80.5. The van der Waals surface area contributed by atoms with E-state index < -0.39 is 0 Å². The number of rotatable bonds is 27. The highest BCUT2D eigenvalue weighted by Crippen LogP contribution is 2.54. The second-order valence-corrected chi connectivity index (χ2v) is 38.5. The summed E-state index contributed by atoms with van der Waals surface area (Å²) < 4.78 is 21.8. The van der Waals surface area contributed by atoms with Crippen molar-refractivity contribution in [1.29, 1.82) is 0 Å². The lowest BCUT2D eigenvalue weighted by atomic mass is 9.82. The second kappa shape index (κ2) is 40.0. The summed E-state index contributed by atoms with van der Waals surface area (Å²) in [7, 11) is 0. The molecular formula is C132H118N4O3. The highest BCUT2D eigenvalue weighted by Gasteiger charge is 2.38. The summed E-state index contributed by atoms with van der Waals surface area (Å²) in [5, 5.41) is 5.01. The number of aryl methyl sites for hydroxylation is 2. The zero-order chi connectivity index (χ0) is 94.3. The smallest absolute Gasteiger partial charge is 0.119 e. The molecule has 139 heavy (non-hydrogen) atoms. The zero-order valence-electron chi connectivity index (χ0n) is 80.5. The molecule has 1 fully saturated rings. The normalized spacial score (nSPS) is 13.2. The summed E-state index contributed by atoms with van der Waals surface area (Å²) in [4.78, 5) is 4.81. The summed E-state index contributed by atoms with van der Waals surface area (Å²) in [5.41, 5.74) is 39.3. The number of fused-ring (bicyclic) bond motifs is 12. The van der Waals surface area contributed by atoms with Gasteiger partial charge in [0, 0.05) is 91.1 Å². The lowest BCUT2D eigenvalue weighted by Crippen LogP contribution is -2.16. The SMILES string of the molecule is C1CCOC1.C=Cc1ccc(OCCCCc2ccc(-n3c4ccccc4c4cc(-c5ccc(N(c6ccc(-c7ccccc7)cc6)c6ccc7c(c6)C(C)(C)c6ccccc6-7)cc5)ccc43)cc2)cc1.CCC(C)c1ccc(OCCCCc2ccc(-n3c4ccccc4c4cc(-c5ccc(N(c6ccc(-c7ccccc7)cc6)c6ccc7c(c6)C(C)(C)c6ccccc6-7)cc5)ccc43)cc2)cc1. The molecule has 1 unspecified atom stereocenters. The summed E-state index contributed by atoms with van der Waals surface area (Å²) in [6.45, 7) is 21.2. The monoisotopic (exact) mass is 1810 g/mol. The van der Waals surface area contributed by atoms with Gasteiger partial charge in [0.05, 0.1) is 35.3 Å². The standard InChI is InChI=1S/C65H58N2O.C63H52N2O.C4H8O/c1-5-45(2)47-28-38-56(39-29-47)68-42-14-13-15-46-22-31-54(32-23-46)67-63-21-12-10-19-59(63)60-43-51(30-41-64(60)67)50-26-35-53(36-27-50)66(52-33-24-49(25-34-52)48-16-7-6-8-17-48)55-37-40-58-57-18-9-11-20-61(57)65(3,4)62(58)44-55;1-4-44-23-37-54(38-24-44)66-41-13-12-14-45-21-30-52(31-22-45)65-61-20-11-9-18-57(61)58-42-49(29-40-62(58)65)48-27-34-51(35-28-48)64(50-32-25-47(26-33-50)46-15-6-5-7-16-46)53-36-39-56-55-17-8-10-19-59(55)63(2,3)60(56)43-53;1-2-4-5-3-1/h6-12,16-41,43-45H,5,13-15,42H2,1-4H3;4-11,15-40,42-43H,1,12-14,41H2,2-3H3;1-4H2. The maximum atomic E-state index is 6.08. The molecule has 0 amide bonds. The molecule has 20 aromatic rings. The van der Waals surface area contributed by atoms with E-state index in [2.05, 4.69) is 467 Å². The van der Waals surface area contributed by atoms with Crippen molar-refractivity contribution in [2.45, 2.75) is 116 Å². The Kier molecular flexibility index (Phi) is 25.9. The summed E-state index contributed by atoms with van der Waals surface area (Å²) >= 11 is 0. The molecule has 7 heteroatoms. The van der Waals surface area contributed by atoms with Gasteiger partial charge in [-0.1, -0.05) is 321 Å². The van der Waals surface area contributed by atoms with Crippen LogP contribution in [0.4, 0.5) is 34.1 Å². The van der Waals surface area contributed by atoms with E-state index in [0.29, 0.717) is 12.5 Å². The lowest BCUT2D eigenvalue weighted by Gasteiger charge is -2.28. The molecule has 0 spiro atoms. The van der Waals surface area contributed by atoms with E-state index in [-0.39, 0.29) is 10.8 Å². The van der Waals surface area contributed by atoms with Crippen LogP contribution in [0.5, 0.6) is 11.5 Å². The maximum absolute atomic E-state index is 6.08. The fraction of sp³-hybridized carbons (Fsp3) is 0.167. The third-order valence-corrected chi connectivity index (χ3v) is 29.0. The molecule has 1 saturated heterocycles. The van der Waals surface area contributed by atoms with Crippen molar-refractivity contribution in [2.24, 2.45) is 0 Å². The Bertz CT molecular complexity index is 7720. The third-order valence-electron chi connectivity index (χ3n) is 29.0. The minimum absolute atomic E-state index is 0.100. The van der Waals surface area contributed by atoms with E-state index in [1.54, 1.807) is 0 Å². The van der Waals surface area contributed by atoms with Gasteiger partial charge >= 0.3 is 0 Å². The van der Waals surface area contributed by atoms with Crippen LogP contribution in [0.15, 0.2) is 431 Å². The van der Waals surface area contributed by atoms with Gasteiger partial charge in [-0.3, -0.25) is 0 Å². The molecule has 18 aromatic carbocycles. The number of hydrogen-bond donors (Lipinski definition) is 0. The first-order chi connectivity index (χ1) is 68.3. The van der Waals surface area contributed by atoms with Crippen molar-refractivity contribution in [2.75, 3.05) is 36.2 Å². The van der Waals surface area contributed by atoms with Crippen LogP contribution < -0.4 is 19.3 Å². The molecule has 1 aliphatic heterocycles. The van der Waals surface area contributed by atoms with Gasteiger partial charge in [0.1, 0.15) is 11.5 Å². The Hall–Kier alpha value is -15.5. The first-order valence-electron chi connectivity index (χ1n) is 49.8. The van der Waals surface area contributed by atoms with Gasteiger partial charge in [-0.2, -0.15) is 0 Å². The number of ether oxygens (including phenoxy) is 3. The highest BCUT2D eigenvalue weighted by atomic mass is 16.5. The topological polar surface area (TPSA) is 44.0 Å². The fourth-order valence-corrected chi connectivity index (χ4v) is 21.1. The van der Waals surface area contributed by atoms with Crippen LogP contribution in [0, 0.1) is 0 Å². The van der Waals surface area contributed by atoms with Crippen molar-refractivity contribution < 1.29 is 14.2 Å². The predicted octanol–water partition coefficient (Wildman–Crippen LogP) is 35.5. The molecule has 2 aliphatic carbocycles. The van der Waals surface area contributed by atoms with Gasteiger partial charge in [0.2, 0.25) is 0 Å². The molecule has 2 aromatic heterocycles. The van der Waals surface area contributed by atoms with Crippen LogP contribution in [-0.4, -0.2) is 35.6 Å². The van der Waals surface area contributed by atoms with E-state index in [1.807, 2.05) is 30.3 Å². The summed E-state index contributed by atoms with van der Waals surface area (Å²) in [5.74, 6) is 2.45. The Morgan fingerprint density at radius 1 is 0.317 bits per heavy atom. The summed E-state index contributed by atoms with van der Waals surface area (Å²) in [6, 6.07) is 156. The molecule has 23 rings (SSSR count). The number of para-hydroxylation sites is 2. The number of nitrogens with zero attached hydrogens (tertiary/aromatic N) is 4. The number of hydrogen-bond acceptors (Lipinski definition) is 5. The van der Waals surface area contributed by atoms with Gasteiger partial charge in [0.25, 0.3) is 0 Å². The van der Waals surface area contributed by atoms with Crippen molar-refractivity contribution in [3.63, 3.8) is 0 Å². The quantitative estimate of drug-likeness (QED) is 0.0480. The Balaban J connectivity index is 0.000000157. The Morgan fingerprint density at radius 3 is 1.04 bits per heavy atom. The van der Waals surface area contributed by atoms with Crippen LogP contribution in [0.25, 0.3) is 128 Å². The molecular weight excluding hydrogens is 1690 g/mol. The van der Waals surface area contributed by atoms with Crippen molar-refractivity contribution >= 4 is 83.8 Å². The molecule has 0 N–H and O–H groups in total. The van der Waals surface area contributed by atoms with Gasteiger partial charge in [-0.25, -0.2) is 0 Å². The number of benzene rings is 18. The average molecular weight is 1810 g/mol. The number of unbranched alkanes of at least 4 members (excludes halogenated alkanes) is 2. The molecule has 0 radical (unpaired) electrons. The average Bonchev–Trinajstić information content (AvgIpc) is 1.42. The first-order valence-corrected chi connectivity index (χ1v) is 49.8. The summed E-state index contributed by atoms with van der Waals surface area (Å²) in [6.07, 6.45) is 11.8. The van der Waals surface area contributed by atoms with Crippen molar-refractivity contribution in [3.05, 3.63) is 476 Å². The number of anilines is 6. The van der Waals surface area contributed by atoms with Crippen molar-refractivity contribution in [1.82, 2.24) is 9.13 Å². The van der Waals surface area contributed by atoms with E-state index in [1.165, 1.54) is 174 Å². The van der Waals surface area contributed by atoms with Gasteiger partial charge in [-0.15, -0.1) is 0 Å². The second-order valence-electron chi connectivity index (χ2n) is 38.5. The van der Waals surface area contributed by atoms with E-state index in [4.69, 9.17) is 14.2 Å². The number of aromatic nitrogens is 2. The minimum atomic E-state index is -0.101. The highest BCUT2D eigenvalue weighted by molar-refractivity contribution is 6.12. The Labute approximate surface area is 819 Å². The van der Waals surface area contributed by atoms with Crippen LogP contribution in [0.2, 0.25) is 0 Å². The largest absolute Gasteiger partial charge is 0.494 e. The van der Waals surface area contributed by atoms with Gasteiger partial charge in [0.15, 0.2) is 0 Å². The molecule has 7 nitrogen and oxygen atoms in total. The van der Waals surface area contributed by atoms with Gasteiger partial charge in [-0.05, 0) is 333 Å². The molecule has 3 aliphatic rings. The third kappa shape index (κ3) is 18.6. The van der Waals surface area contributed by atoms with E-state index in [9.17, 15) is 0 Å². The van der Waals surface area contributed by atoms with E-state index in [0.717, 1.165) is 116 Å². The lowest BCUT2D eigenvalue weighted by molar-refractivity contribution is 0.198. The van der Waals surface area contributed by atoms with Crippen molar-refractivity contribution in [3.8, 4) is 89.6 Å². The molecule has 1 atom stereocenters. The van der Waals surface area contributed by atoms with Crippen LogP contribution in [0.3, 0.4) is 0 Å². The first kappa shape index (κ1) is 90.0. The van der Waals surface area contributed by atoms with Gasteiger partial charge < -0.3 is 33.1 Å². The minimum Gasteiger partial charge on any atom is -0.494 e.